The normalized spacial score (nSPS) is 18.2. The number of aromatic nitrogens is 1. The van der Waals surface area contributed by atoms with Crippen LogP contribution in [0.3, 0.4) is 0 Å². The Labute approximate surface area is 154 Å². The highest BCUT2D eigenvalue weighted by atomic mass is 16.5. The van der Waals surface area contributed by atoms with Gasteiger partial charge in [0.1, 0.15) is 0 Å². The van der Waals surface area contributed by atoms with E-state index in [0.717, 1.165) is 42.5 Å². The zero-order chi connectivity index (χ0) is 18.4. The van der Waals surface area contributed by atoms with Crippen molar-refractivity contribution in [2.45, 2.75) is 37.9 Å². The Morgan fingerprint density at radius 3 is 2.85 bits per heavy atom. The largest absolute Gasteiger partial charge is 0.481 e. The first-order valence-electron chi connectivity index (χ1n) is 9.05. The molecule has 138 valence electrons. The summed E-state index contributed by atoms with van der Waals surface area (Å²) in [5, 5.41) is 6.15. The predicted octanol–water partition coefficient (Wildman–Crippen LogP) is 1.84. The molecular weight excluding hydrogens is 328 g/mol. The first-order valence-corrected chi connectivity index (χ1v) is 9.05. The highest BCUT2D eigenvalue weighted by molar-refractivity contribution is 5.82. The Bertz CT molecular complexity index is 727. The summed E-state index contributed by atoms with van der Waals surface area (Å²) in [4.78, 5) is 16.5. The molecule has 2 heterocycles. The van der Waals surface area contributed by atoms with Crippen molar-refractivity contribution in [3.05, 3.63) is 48.2 Å². The van der Waals surface area contributed by atoms with Gasteiger partial charge >= 0.3 is 0 Å². The first-order chi connectivity index (χ1) is 12.7. The number of hydrogen-bond acceptors (Lipinski definition) is 5. The number of rotatable bonds is 6. The van der Waals surface area contributed by atoms with Crippen LogP contribution in [0, 0.1) is 0 Å². The topological polar surface area (TPSA) is 89.3 Å². The molecule has 1 saturated heterocycles. The van der Waals surface area contributed by atoms with E-state index >= 15 is 0 Å². The fourth-order valence-electron chi connectivity index (χ4n) is 3.26. The standard InChI is InChI=1S/C20H26N4O2/c1-26-20-16(5-4-12-23-20)15-9-7-14(8-10-15)13-18(21)24-19(25)17-6-2-3-11-22-17/h4-5,7-10,12,17-18,22H,2-3,6,11,13,21H2,1H3,(H,24,25)/t17-,18-/m0/s1. The lowest BCUT2D eigenvalue weighted by atomic mass is 10.0. The highest BCUT2D eigenvalue weighted by Gasteiger charge is 2.21. The van der Waals surface area contributed by atoms with Gasteiger partial charge in [-0.3, -0.25) is 4.79 Å². The second-order valence-electron chi connectivity index (χ2n) is 6.58. The first kappa shape index (κ1) is 18.4. The number of methoxy groups -OCH3 is 1. The zero-order valence-electron chi connectivity index (χ0n) is 15.1. The van der Waals surface area contributed by atoms with Crippen molar-refractivity contribution in [3.8, 4) is 17.0 Å². The fraction of sp³-hybridized carbons (Fsp3) is 0.400. The Kier molecular flexibility index (Phi) is 6.20. The van der Waals surface area contributed by atoms with Gasteiger partial charge < -0.3 is 21.1 Å². The van der Waals surface area contributed by atoms with Crippen LogP contribution in [0.4, 0.5) is 0 Å². The van der Waals surface area contributed by atoms with E-state index in [1.165, 1.54) is 0 Å². The fourth-order valence-corrected chi connectivity index (χ4v) is 3.26. The molecule has 6 heteroatoms. The van der Waals surface area contributed by atoms with Crippen LogP contribution in [0.2, 0.25) is 0 Å². The molecule has 1 amide bonds. The molecule has 2 atom stereocenters. The summed E-state index contributed by atoms with van der Waals surface area (Å²) in [6.07, 6.45) is 4.98. The second kappa shape index (κ2) is 8.78. The van der Waals surface area contributed by atoms with Crippen molar-refractivity contribution < 1.29 is 9.53 Å². The summed E-state index contributed by atoms with van der Waals surface area (Å²) in [5.41, 5.74) is 9.17. The quantitative estimate of drug-likeness (QED) is 0.689. The van der Waals surface area contributed by atoms with Gasteiger partial charge in [-0.1, -0.05) is 30.7 Å². The summed E-state index contributed by atoms with van der Waals surface area (Å²) in [7, 11) is 1.61. The number of nitrogens with zero attached hydrogens (tertiary/aromatic N) is 1. The average molecular weight is 354 g/mol. The number of nitrogens with one attached hydrogen (secondary N) is 2. The summed E-state index contributed by atoms with van der Waals surface area (Å²) < 4.78 is 5.31. The average Bonchev–Trinajstić information content (AvgIpc) is 2.69. The number of carbonyl (C=O) groups excluding carboxylic acids is 1. The van der Waals surface area contributed by atoms with E-state index in [2.05, 4.69) is 15.6 Å². The molecular formula is C20H26N4O2. The molecule has 6 nitrogen and oxygen atoms in total. The number of carbonyl (C=O) groups is 1. The van der Waals surface area contributed by atoms with Crippen LogP contribution in [-0.4, -0.2) is 36.8 Å². The third-order valence-corrected chi connectivity index (χ3v) is 4.64. The lowest BCUT2D eigenvalue weighted by Crippen LogP contribution is -2.52. The van der Waals surface area contributed by atoms with E-state index in [4.69, 9.17) is 10.5 Å². The van der Waals surface area contributed by atoms with Crippen LogP contribution in [0.25, 0.3) is 11.1 Å². The molecule has 1 aliphatic heterocycles. The minimum Gasteiger partial charge on any atom is -0.481 e. The van der Waals surface area contributed by atoms with E-state index < -0.39 is 6.17 Å². The van der Waals surface area contributed by atoms with Gasteiger partial charge in [0, 0.05) is 18.2 Å². The molecule has 1 aliphatic rings. The molecule has 4 N–H and O–H groups in total. The molecule has 1 fully saturated rings. The van der Waals surface area contributed by atoms with Gasteiger partial charge in [-0.05, 0) is 42.6 Å². The summed E-state index contributed by atoms with van der Waals surface area (Å²) >= 11 is 0. The highest BCUT2D eigenvalue weighted by Crippen LogP contribution is 2.27. The number of ether oxygens (including phenoxy) is 1. The van der Waals surface area contributed by atoms with Crippen molar-refractivity contribution in [2.75, 3.05) is 13.7 Å². The maximum Gasteiger partial charge on any atom is 0.238 e. The maximum absolute atomic E-state index is 12.2. The van der Waals surface area contributed by atoms with Gasteiger partial charge in [0.2, 0.25) is 11.8 Å². The molecule has 26 heavy (non-hydrogen) atoms. The van der Waals surface area contributed by atoms with E-state index in [-0.39, 0.29) is 11.9 Å². The molecule has 2 aromatic rings. The minimum atomic E-state index is -0.398. The molecule has 1 aromatic heterocycles. The summed E-state index contributed by atoms with van der Waals surface area (Å²) in [5.74, 6) is 0.595. The van der Waals surface area contributed by atoms with Crippen LogP contribution in [0.1, 0.15) is 24.8 Å². The van der Waals surface area contributed by atoms with E-state index in [1.807, 2.05) is 36.4 Å². The molecule has 0 saturated carbocycles. The monoisotopic (exact) mass is 354 g/mol. The zero-order valence-corrected chi connectivity index (χ0v) is 15.1. The Balaban J connectivity index is 1.59. The van der Waals surface area contributed by atoms with E-state index in [1.54, 1.807) is 13.3 Å². The molecule has 0 unspecified atom stereocenters. The number of benzene rings is 1. The smallest absolute Gasteiger partial charge is 0.238 e. The Hall–Kier alpha value is -2.44. The van der Waals surface area contributed by atoms with Gasteiger partial charge in [-0.15, -0.1) is 0 Å². The van der Waals surface area contributed by atoms with Crippen LogP contribution < -0.4 is 21.1 Å². The van der Waals surface area contributed by atoms with Crippen LogP contribution in [0.15, 0.2) is 42.6 Å². The van der Waals surface area contributed by atoms with Crippen molar-refractivity contribution in [2.24, 2.45) is 5.73 Å². The van der Waals surface area contributed by atoms with Crippen molar-refractivity contribution in [3.63, 3.8) is 0 Å². The third-order valence-electron chi connectivity index (χ3n) is 4.64. The van der Waals surface area contributed by atoms with E-state index in [0.29, 0.717) is 12.3 Å². The lowest BCUT2D eigenvalue weighted by molar-refractivity contribution is -0.124. The van der Waals surface area contributed by atoms with Crippen LogP contribution in [0.5, 0.6) is 5.88 Å². The second-order valence-corrected chi connectivity index (χ2v) is 6.58. The summed E-state index contributed by atoms with van der Waals surface area (Å²) in [6.45, 7) is 0.895. The van der Waals surface area contributed by atoms with Gasteiger partial charge in [-0.2, -0.15) is 0 Å². The summed E-state index contributed by atoms with van der Waals surface area (Å²) in [6, 6.07) is 11.8. The SMILES string of the molecule is COc1ncccc1-c1ccc(C[C@@H](N)NC(=O)[C@@H]2CCCCN2)cc1. The molecule has 0 spiro atoms. The van der Waals surface area contributed by atoms with Crippen molar-refractivity contribution in [1.29, 1.82) is 0 Å². The molecule has 0 bridgehead atoms. The Morgan fingerprint density at radius 1 is 1.35 bits per heavy atom. The predicted molar refractivity (Wildman–Crippen MR) is 102 cm³/mol. The van der Waals surface area contributed by atoms with Gasteiger partial charge in [0.05, 0.1) is 19.3 Å². The number of pyridine rings is 1. The molecule has 1 aromatic carbocycles. The number of amides is 1. The Morgan fingerprint density at radius 2 is 2.15 bits per heavy atom. The van der Waals surface area contributed by atoms with Gasteiger partial charge in [0.25, 0.3) is 0 Å². The molecule has 3 rings (SSSR count). The molecule has 0 radical (unpaired) electrons. The van der Waals surface area contributed by atoms with Crippen molar-refractivity contribution >= 4 is 5.91 Å². The number of piperidine rings is 1. The van der Waals surface area contributed by atoms with Gasteiger partial charge in [-0.25, -0.2) is 4.98 Å². The van der Waals surface area contributed by atoms with E-state index in [9.17, 15) is 4.79 Å². The molecule has 0 aliphatic carbocycles. The number of hydrogen-bond donors (Lipinski definition) is 3. The maximum atomic E-state index is 12.2. The lowest BCUT2D eigenvalue weighted by Gasteiger charge is -2.24. The van der Waals surface area contributed by atoms with Crippen LogP contribution >= 0.6 is 0 Å². The number of nitrogens with two attached hydrogens (primary N) is 1. The van der Waals surface area contributed by atoms with Crippen LogP contribution in [-0.2, 0) is 11.2 Å². The third kappa shape index (κ3) is 4.59. The van der Waals surface area contributed by atoms with Gasteiger partial charge in [0.15, 0.2) is 0 Å². The minimum absolute atomic E-state index is 0.00563. The van der Waals surface area contributed by atoms with Crippen molar-refractivity contribution in [1.82, 2.24) is 15.6 Å².